The second-order valence-corrected chi connectivity index (χ2v) is 6.10. The summed E-state index contributed by atoms with van der Waals surface area (Å²) in [6.07, 6.45) is 16.9. The molecule has 0 radical (unpaired) electrons. The first-order chi connectivity index (χ1) is 10.7. The summed E-state index contributed by atoms with van der Waals surface area (Å²) < 4.78 is 5.30. The molecular formula is C20H36O2. The van der Waals surface area contributed by atoms with Gasteiger partial charge in [0.2, 0.25) is 0 Å². The van der Waals surface area contributed by atoms with Crippen LogP contribution in [0.4, 0.5) is 0 Å². The van der Waals surface area contributed by atoms with Crippen LogP contribution in [0.1, 0.15) is 85.5 Å². The van der Waals surface area contributed by atoms with Gasteiger partial charge in [-0.2, -0.15) is 0 Å². The minimum Gasteiger partial charge on any atom is -0.462 e. The van der Waals surface area contributed by atoms with E-state index in [2.05, 4.69) is 26.8 Å². The molecule has 0 saturated heterocycles. The minimum atomic E-state index is -0.179. The van der Waals surface area contributed by atoms with Crippen LogP contribution in [-0.4, -0.2) is 12.6 Å². The third-order valence-electron chi connectivity index (χ3n) is 3.97. The zero-order chi connectivity index (χ0) is 16.6. The number of unbranched alkanes of at least 4 members (excludes halogenated alkanes) is 5. The second kappa shape index (κ2) is 14.9. The number of allylic oxidation sites excluding steroid dienone is 3. The van der Waals surface area contributed by atoms with Gasteiger partial charge < -0.3 is 4.74 Å². The molecule has 0 aromatic rings. The van der Waals surface area contributed by atoms with Crippen LogP contribution in [-0.2, 0) is 9.53 Å². The summed E-state index contributed by atoms with van der Waals surface area (Å²) >= 11 is 0. The maximum Gasteiger partial charge on any atom is 0.333 e. The molecule has 2 heteroatoms. The van der Waals surface area contributed by atoms with Crippen molar-refractivity contribution in [3.05, 3.63) is 23.8 Å². The van der Waals surface area contributed by atoms with Crippen molar-refractivity contribution in [2.45, 2.75) is 85.5 Å². The lowest BCUT2D eigenvalue weighted by atomic mass is 10.0. The van der Waals surface area contributed by atoms with E-state index in [-0.39, 0.29) is 5.97 Å². The summed E-state index contributed by atoms with van der Waals surface area (Å²) in [5.41, 5.74) is 0.689. The van der Waals surface area contributed by atoms with E-state index in [1.807, 2.05) is 19.1 Å². The van der Waals surface area contributed by atoms with Crippen LogP contribution in [0.15, 0.2) is 23.8 Å². The van der Waals surface area contributed by atoms with Crippen molar-refractivity contribution < 1.29 is 9.53 Å². The Morgan fingerprint density at radius 2 is 1.68 bits per heavy atom. The molecule has 1 unspecified atom stereocenters. The van der Waals surface area contributed by atoms with Crippen molar-refractivity contribution in [3.63, 3.8) is 0 Å². The number of carbonyl (C=O) groups excluding carboxylic acids is 1. The van der Waals surface area contributed by atoms with Gasteiger partial charge in [-0.05, 0) is 32.1 Å². The molecule has 0 heterocycles. The lowest BCUT2D eigenvalue weighted by molar-refractivity contribution is -0.139. The molecule has 0 aromatic carbocycles. The number of esters is 1. The van der Waals surface area contributed by atoms with E-state index >= 15 is 0 Å². The fraction of sp³-hybridized carbons (Fsp3) is 0.750. The second-order valence-electron chi connectivity index (χ2n) is 6.10. The number of rotatable bonds is 13. The Morgan fingerprint density at radius 3 is 2.32 bits per heavy atom. The van der Waals surface area contributed by atoms with Gasteiger partial charge in [0.25, 0.3) is 0 Å². The SMILES string of the molecule is CCCCCCCCOC(=O)/C(C)=C\C=C\C(CC)CCC. The molecule has 0 aliphatic carbocycles. The minimum absolute atomic E-state index is 0.179. The summed E-state index contributed by atoms with van der Waals surface area (Å²) in [7, 11) is 0. The normalized spacial score (nSPS) is 13.5. The van der Waals surface area contributed by atoms with Crippen LogP contribution in [0.5, 0.6) is 0 Å². The van der Waals surface area contributed by atoms with Crippen LogP contribution in [0.25, 0.3) is 0 Å². The number of hydrogen-bond donors (Lipinski definition) is 0. The summed E-state index contributed by atoms with van der Waals surface area (Å²) in [6.45, 7) is 9.01. The third-order valence-corrected chi connectivity index (χ3v) is 3.97. The molecule has 0 saturated carbocycles. The van der Waals surface area contributed by atoms with Crippen LogP contribution >= 0.6 is 0 Å². The van der Waals surface area contributed by atoms with Crippen LogP contribution in [0, 0.1) is 5.92 Å². The summed E-state index contributed by atoms with van der Waals surface area (Å²) in [6, 6.07) is 0. The van der Waals surface area contributed by atoms with Crippen LogP contribution in [0.3, 0.4) is 0 Å². The maximum atomic E-state index is 11.8. The molecule has 1 atom stereocenters. The third kappa shape index (κ3) is 11.6. The standard InChI is InChI=1S/C20H36O2/c1-5-8-9-10-11-12-17-22-20(21)18(4)15-13-16-19(7-3)14-6-2/h13,15-16,19H,5-12,14,17H2,1-4H3/b16-13+,18-15-. The fourth-order valence-electron chi connectivity index (χ4n) is 2.39. The quantitative estimate of drug-likeness (QED) is 0.175. The zero-order valence-corrected chi connectivity index (χ0v) is 15.2. The lowest BCUT2D eigenvalue weighted by Crippen LogP contribution is -2.07. The molecule has 0 aliphatic heterocycles. The first-order valence-corrected chi connectivity index (χ1v) is 9.17. The Balaban J connectivity index is 3.90. The average molecular weight is 309 g/mol. The predicted molar refractivity (Wildman–Crippen MR) is 95.9 cm³/mol. The van der Waals surface area contributed by atoms with E-state index < -0.39 is 0 Å². The molecule has 0 bridgehead atoms. The van der Waals surface area contributed by atoms with Gasteiger partial charge in [-0.1, -0.05) is 77.5 Å². The largest absolute Gasteiger partial charge is 0.462 e. The number of ether oxygens (including phenoxy) is 1. The highest BCUT2D eigenvalue weighted by Gasteiger charge is 2.04. The highest BCUT2D eigenvalue weighted by Crippen LogP contribution is 2.12. The summed E-state index contributed by atoms with van der Waals surface area (Å²) in [4.78, 5) is 11.8. The molecule has 22 heavy (non-hydrogen) atoms. The highest BCUT2D eigenvalue weighted by molar-refractivity contribution is 5.88. The van der Waals surface area contributed by atoms with Gasteiger partial charge in [0.15, 0.2) is 0 Å². The molecule has 0 N–H and O–H groups in total. The van der Waals surface area contributed by atoms with Crippen molar-refractivity contribution >= 4 is 5.97 Å². The van der Waals surface area contributed by atoms with E-state index in [0.717, 1.165) is 19.3 Å². The maximum absolute atomic E-state index is 11.8. The van der Waals surface area contributed by atoms with E-state index in [9.17, 15) is 4.79 Å². The van der Waals surface area contributed by atoms with Crippen LogP contribution < -0.4 is 0 Å². The zero-order valence-electron chi connectivity index (χ0n) is 15.2. The van der Waals surface area contributed by atoms with Gasteiger partial charge in [-0.3, -0.25) is 0 Å². The summed E-state index contributed by atoms with van der Waals surface area (Å²) in [5.74, 6) is 0.440. The van der Waals surface area contributed by atoms with Crippen LogP contribution in [0.2, 0.25) is 0 Å². The topological polar surface area (TPSA) is 26.3 Å². The Hall–Kier alpha value is -1.05. The van der Waals surface area contributed by atoms with Gasteiger partial charge in [0.05, 0.1) is 6.61 Å². The van der Waals surface area contributed by atoms with Gasteiger partial charge in [-0.15, -0.1) is 0 Å². The number of carbonyl (C=O) groups is 1. The van der Waals surface area contributed by atoms with E-state index in [0.29, 0.717) is 18.1 Å². The van der Waals surface area contributed by atoms with Crippen molar-refractivity contribution in [2.24, 2.45) is 5.92 Å². The van der Waals surface area contributed by atoms with E-state index in [4.69, 9.17) is 4.74 Å². The first-order valence-electron chi connectivity index (χ1n) is 9.17. The Morgan fingerprint density at radius 1 is 1.00 bits per heavy atom. The molecule has 0 fully saturated rings. The Bertz CT molecular complexity index is 329. The summed E-state index contributed by atoms with van der Waals surface area (Å²) in [5, 5.41) is 0. The average Bonchev–Trinajstić information content (AvgIpc) is 2.52. The first kappa shape index (κ1) is 20.9. The van der Waals surface area contributed by atoms with Crippen molar-refractivity contribution in [3.8, 4) is 0 Å². The lowest BCUT2D eigenvalue weighted by Gasteiger charge is -2.07. The van der Waals surface area contributed by atoms with E-state index in [1.54, 1.807) is 0 Å². The van der Waals surface area contributed by atoms with Gasteiger partial charge >= 0.3 is 5.97 Å². The van der Waals surface area contributed by atoms with Crippen molar-refractivity contribution in [1.82, 2.24) is 0 Å². The highest BCUT2D eigenvalue weighted by atomic mass is 16.5. The number of hydrogen-bond acceptors (Lipinski definition) is 2. The molecule has 0 aromatic heterocycles. The molecule has 0 rings (SSSR count). The molecular weight excluding hydrogens is 272 g/mol. The molecule has 128 valence electrons. The van der Waals surface area contributed by atoms with Gasteiger partial charge in [0.1, 0.15) is 0 Å². The fourth-order valence-corrected chi connectivity index (χ4v) is 2.39. The van der Waals surface area contributed by atoms with Gasteiger partial charge in [0, 0.05) is 5.57 Å². The van der Waals surface area contributed by atoms with Crippen molar-refractivity contribution in [1.29, 1.82) is 0 Å². The molecule has 0 spiro atoms. The molecule has 0 aliphatic rings. The molecule has 2 nitrogen and oxygen atoms in total. The van der Waals surface area contributed by atoms with Crippen molar-refractivity contribution in [2.75, 3.05) is 6.61 Å². The predicted octanol–water partition coefficient (Wildman–Crippen LogP) is 6.22. The van der Waals surface area contributed by atoms with Gasteiger partial charge in [-0.25, -0.2) is 4.79 Å². The Labute approximate surface area is 138 Å². The van der Waals surface area contributed by atoms with E-state index in [1.165, 1.54) is 38.5 Å². The monoisotopic (exact) mass is 308 g/mol. The Kier molecular flexibility index (Phi) is 14.2. The molecule has 0 amide bonds. The smallest absolute Gasteiger partial charge is 0.333 e.